The van der Waals surface area contributed by atoms with Crippen LogP contribution in [-0.4, -0.2) is 5.78 Å². The van der Waals surface area contributed by atoms with E-state index in [1.54, 1.807) is 6.92 Å². The van der Waals surface area contributed by atoms with Gasteiger partial charge < -0.3 is 0 Å². The van der Waals surface area contributed by atoms with Gasteiger partial charge in [-0.3, -0.25) is 4.79 Å². The maximum atomic E-state index is 11.4. The third-order valence-corrected chi connectivity index (χ3v) is 2.85. The highest BCUT2D eigenvalue weighted by molar-refractivity contribution is 5.81. The van der Waals surface area contributed by atoms with Crippen molar-refractivity contribution in [2.45, 2.75) is 34.1 Å². The summed E-state index contributed by atoms with van der Waals surface area (Å²) in [6.07, 6.45) is 0.828. The van der Waals surface area contributed by atoms with E-state index in [4.69, 9.17) is 0 Å². The van der Waals surface area contributed by atoms with Gasteiger partial charge in [0, 0.05) is 5.41 Å². The average molecular weight is 190 g/mol. The van der Waals surface area contributed by atoms with E-state index >= 15 is 0 Å². The molecular formula is C13H18O. The molecule has 76 valence electrons. The molecule has 1 heteroatoms. The maximum Gasteiger partial charge on any atom is 0.135 e. The van der Waals surface area contributed by atoms with Gasteiger partial charge in [0.1, 0.15) is 5.78 Å². The average Bonchev–Trinajstić information content (AvgIpc) is 2.08. The zero-order valence-corrected chi connectivity index (χ0v) is 9.42. The first-order valence-corrected chi connectivity index (χ1v) is 4.99. The molecule has 0 aliphatic heterocycles. The van der Waals surface area contributed by atoms with Crippen LogP contribution in [0.25, 0.3) is 0 Å². The molecule has 0 amide bonds. The monoisotopic (exact) mass is 190 g/mol. The van der Waals surface area contributed by atoms with E-state index in [1.807, 2.05) is 26.0 Å². The Bertz CT molecular complexity index is 337. The summed E-state index contributed by atoms with van der Waals surface area (Å²) in [6, 6.07) is 8.24. The topological polar surface area (TPSA) is 17.1 Å². The Balaban J connectivity index is 2.89. The number of Topliss-reactive ketones (excluding diaryl/α,β-unsaturated/α-hetero) is 1. The van der Waals surface area contributed by atoms with Crippen molar-refractivity contribution in [1.82, 2.24) is 0 Å². The number of benzene rings is 1. The molecule has 1 rings (SSSR count). The van der Waals surface area contributed by atoms with E-state index in [2.05, 4.69) is 19.1 Å². The van der Waals surface area contributed by atoms with E-state index in [-0.39, 0.29) is 11.2 Å². The second-order valence-corrected chi connectivity index (χ2v) is 4.54. The second-order valence-electron chi connectivity index (χ2n) is 4.54. The maximum absolute atomic E-state index is 11.4. The van der Waals surface area contributed by atoms with Crippen LogP contribution in [0.3, 0.4) is 0 Å². The number of hydrogen-bond donors (Lipinski definition) is 0. The molecule has 0 atom stereocenters. The van der Waals surface area contributed by atoms with E-state index in [0.717, 1.165) is 6.42 Å². The lowest BCUT2D eigenvalue weighted by Crippen LogP contribution is -2.24. The molecule has 0 radical (unpaired) electrons. The number of carbonyl (C=O) groups is 1. The van der Waals surface area contributed by atoms with Crippen molar-refractivity contribution in [3.8, 4) is 0 Å². The zero-order valence-electron chi connectivity index (χ0n) is 9.42. The SMILES string of the molecule is CC(=O)C(C)(C)Cc1ccccc1C. The van der Waals surface area contributed by atoms with Crippen LogP contribution in [0.15, 0.2) is 24.3 Å². The fraction of sp³-hybridized carbons (Fsp3) is 0.462. The second kappa shape index (κ2) is 3.95. The van der Waals surface area contributed by atoms with Crippen LogP contribution in [-0.2, 0) is 11.2 Å². The number of carbonyl (C=O) groups excluding carboxylic acids is 1. The Morgan fingerprint density at radius 1 is 1.29 bits per heavy atom. The third kappa shape index (κ3) is 2.44. The Morgan fingerprint density at radius 3 is 2.36 bits per heavy atom. The molecule has 0 aliphatic rings. The summed E-state index contributed by atoms with van der Waals surface area (Å²) in [5.74, 6) is 0.251. The van der Waals surface area contributed by atoms with Crippen LogP contribution in [0.2, 0.25) is 0 Å². The molecule has 14 heavy (non-hydrogen) atoms. The van der Waals surface area contributed by atoms with Crippen LogP contribution in [0.4, 0.5) is 0 Å². The summed E-state index contributed by atoms with van der Waals surface area (Å²) < 4.78 is 0. The van der Waals surface area contributed by atoms with Crippen molar-refractivity contribution in [3.63, 3.8) is 0 Å². The van der Waals surface area contributed by atoms with Crippen molar-refractivity contribution < 1.29 is 4.79 Å². The Morgan fingerprint density at radius 2 is 1.86 bits per heavy atom. The smallest absolute Gasteiger partial charge is 0.135 e. The van der Waals surface area contributed by atoms with Gasteiger partial charge in [0.2, 0.25) is 0 Å². The molecule has 0 heterocycles. The molecule has 0 unspecified atom stereocenters. The first-order valence-electron chi connectivity index (χ1n) is 4.99. The molecule has 0 aromatic heterocycles. The first-order chi connectivity index (χ1) is 6.43. The molecule has 1 nitrogen and oxygen atoms in total. The van der Waals surface area contributed by atoms with Crippen molar-refractivity contribution >= 4 is 5.78 Å². The minimum absolute atomic E-state index is 0.244. The van der Waals surface area contributed by atoms with Gasteiger partial charge in [-0.1, -0.05) is 38.1 Å². The van der Waals surface area contributed by atoms with E-state index < -0.39 is 0 Å². The van der Waals surface area contributed by atoms with Gasteiger partial charge in [-0.15, -0.1) is 0 Å². The van der Waals surface area contributed by atoms with Gasteiger partial charge in [0.15, 0.2) is 0 Å². The van der Waals surface area contributed by atoms with Gasteiger partial charge in [-0.05, 0) is 31.4 Å². The predicted octanol–water partition coefficient (Wildman–Crippen LogP) is 3.15. The summed E-state index contributed by atoms with van der Waals surface area (Å²) >= 11 is 0. The number of hydrogen-bond acceptors (Lipinski definition) is 1. The van der Waals surface area contributed by atoms with Crippen LogP contribution in [0.5, 0.6) is 0 Å². The van der Waals surface area contributed by atoms with Gasteiger partial charge in [-0.2, -0.15) is 0 Å². The third-order valence-electron chi connectivity index (χ3n) is 2.85. The first kappa shape index (κ1) is 11.0. The minimum Gasteiger partial charge on any atom is -0.299 e. The summed E-state index contributed by atoms with van der Waals surface area (Å²) in [7, 11) is 0. The van der Waals surface area contributed by atoms with Gasteiger partial charge in [0.25, 0.3) is 0 Å². The van der Waals surface area contributed by atoms with Crippen LogP contribution < -0.4 is 0 Å². The quantitative estimate of drug-likeness (QED) is 0.715. The molecule has 1 aromatic carbocycles. The number of rotatable bonds is 3. The molecule has 0 N–H and O–H groups in total. The lowest BCUT2D eigenvalue weighted by molar-refractivity contribution is -0.124. The molecular weight excluding hydrogens is 172 g/mol. The highest BCUT2D eigenvalue weighted by Gasteiger charge is 2.24. The molecule has 0 bridgehead atoms. The summed E-state index contributed by atoms with van der Waals surface area (Å²) in [6.45, 7) is 7.76. The van der Waals surface area contributed by atoms with E-state index in [1.165, 1.54) is 11.1 Å². The van der Waals surface area contributed by atoms with Crippen molar-refractivity contribution in [1.29, 1.82) is 0 Å². The fourth-order valence-corrected chi connectivity index (χ4v) is 1.41. The van der Waals surface area contributed by atoms with Crippen molar-refractivity contribution in [2.75, 3.05) is 0 Å². The number of ketones is 1. The predicted molar refractivity (Wildman–Crippen MR) is 59.3 cm³/mol. The number of aryl methyl sites for hydroxylation is 1. The fourth-order valence-electron chi connectivity index (χ4n) is 1.41. The van der Waals surface area contributed by atoms with E-state index in [9.17, 15) is 4.79 Å². The normalized spacial score (nSPS) is 11.4. The molecule has 0 saturated carbocycles. The summed E-state index contributed by atoms with van der Waals surface area (Å²) in [4.78, 5) is 11.4. The zero-order chi connectivity index (χ0) is 10.8. The molecule has 0 spiro atoms. The highest BCUT2D eigenvalue weighted by Crippen LogP contribution is 2.24. The van der Waals surface area contributed by atoms with E-state index in [0.29, 0.717) is 0 Å². The van der Waals surface area contributed by atoms with Crippen LogP contribution in [0, 0.1) is 12.3 Å². The molecule has 0 aliphatic carbocycles. The Labute approximate surface area is 86.1 Å². The lowest BCUT2D eigenvalue weighted by Gasteiger charge is -2.22. The van der Waals surface area contributed by atoms with Crippen molar-refractivity contribution in [3.05, 3.63) is 35.4 Å². The lowest BCUT2D eigenvalue weighted by atomic mass is 9.81. The summed E-state index contributed by atoms with van der Waals surface area (Å²) in [5.41, 5.74) is 2.29. The standard InChI is InChI=1S/C13H18O/c1-10-7-5-6-8-12(10)9-13(3,4)11(2)14/h5-8H,9H2,1-4H3. The summed E-state index contributed by atoms with van der Waals surface area (Å²) in [5, 5.41) is 0. The Kier molecular flexibility index (Phi) is 3.10. The van der Waals surface area contributed by atoms with Crippen LogP contribution >= 0.6 is 0 Å². The van der Waals surface area contributed by atoms with Gasteiger partial charge in [-0.25, -0.2) is 0 Å². The highest BCUT2D eigenvalue weighted by atomic mass is 16.1. The Hall–Kier alpha value is -1.11. The molecule has 0 saturated heterocycles. The minimum atomic E-state index is -0.244. The van der Waals surface area contributed by atoms with Gasteiger partial charge in [0.05, 0.1) is 0 Å². The van der Waals surface area contributed by atoms with Gasteiger partial charge >= 0.3 is 0 Å². The molecule has 1 aromatic rings. The van der Waals surface area contributed by atoms with Crippen LogP contribution in [0.1, 0.15) is 31.9 Å². The molecule has 0 fully saturated rings. The van der Waals surface area contributed by atoms with Crippen molar-refractivity contribution in [2.24, 2.45) is 5.41 Å². The largest absolute Gasteiger partial charge is 0.299 e.